The van der Waals surface area contributed by atoms with Gasteiger partial charge >= 0.3 is 0 Å². The zero-order valence-corrected chi connectivity index (χ0v) is 16.6. The Bertz CT molecular complexity index is 719. The SMILES string of the molecule is CCN(C(=O)c1ccc(Cl)cc1)[C@H]1CC[C@H](c2ccc(CCl)cc2)CC1. The molecule has 0 bridgehead atoms. The third-order valence-corrected chi connectivity index (χ3v) is 6.00. The predicted octanol–water partition coefficient (Wildman–Crippen LogP) is 6.27. The molecule has 2 nitrogen and oxygen atoms in total. The van der Waals surface area contributed by atoms with Crippen molar-refractivity contribution in [3.05, 3.63) is 70.2 Å². The second-order valence-electron chi connectivity index (χ2n) is 6.98. The number of carbonyl (C=O) groups excluding carboxylic acids is 1. The summed E-state index contributed by atoms with van der Waals surface area (Å²) in [5.41, 5.74) is 3.27. The third kappa shape index (κ3) is 4.42. The van der Waals surface area contributed by atoms with E-state index in [1.165, 1.54) is 5.56 Å². The molecule has 4 heteroatoms. The third-order valence-electron chi connectivity index (χ3n) is 5.44. The standard InChI is InChI=1S/C22H25Cl2NO/c1-2-25(22(26)19-7-11-20(24)12-8-19)21-13-9-18(10-14-21)17-5-3-16(15-23)4-6-17/h3-8,11-12,18,21H,2,9-10,13-15H2,1H3/t18-,21-. The zero-order valence-electron chi connectivity index (χ0n) is 15.1. The Balaban J connectivity index is 1.63. The molecule has 0 radical (unpaired) electrons. The molecule has 1 saturated carbocycles. The summed E-state index contributed by atoms with van der Waals surface area (Å²) >= 11 is 11.8. The van der Waals surface area contributed by atoms with Crippen molar-refractivity contribution in [3.63, 3.8) is 0 Å². The van der Waals surface area contributed by atoms with E-state index in [1.807, 2.05) is 17.0 Å². The Kier molecular flexibility index (Phi) is 6.61. The Morgan fingerprint density at radius 2 is 1.62 bits per heavy atom. The quantitative estimate of drug-likeness (QED) is 0.551. The van der Waals surface area contributed by atoms with Crippen molar-refractivity contribution in [3.8, 4) is 0 Å². The van der Waals surface area contributed by atoms with Gasteiger partial charge in [0.05, 0.1) is 0 Å². The Labute approximate surface area is 166 Å². The van der Waals surface area contributed by atoms with E-state index in [-0.39, 0.29) is 5.91 Å². The fourth-order valence-corrected chi connectivity index (χ4v) is 4.23. The summed E-state index contributed by atoms with van der Waals surface area (Å²) in [4.78, 5) is 14.9. The van der Waals surface area contributed by atoms with Gasteiger partial charge in [0.25, 0.3) is 5.91 Å². The minimum absolute atomic E-state index is 0.110. The maximum absolute atomic E-state index is 12.9. The Hall–Kier alpha value is -1.51. The van der Waals surface area contributed by atoms with Gasteiger partial charge in [-0.2, -0.15) is 0 Å². The summed E-state index contributed by atoms with van der Waals surface area (Å²) in [6.07, 6.45) is 4.34. The lowest BCUT2D eigenvalue weighted by atomic mass is 9.81. The fraction of sp³-hybridized carbons (Fsp3) is 0.409. The van der Waals surface area contributed by atoms with Crippen LogP contribution in [0.3, 0.4) is 0 Å². The minimum Gasteiger partial charge on any atom is -0.336 e. The first-order chi connectivity index (χ1) is 12.6. The maximum Gasteiger partial charge on any atom is 0.254 e. The Morgan fingerprint density at radius 1 is 1.00 bits per heavy atom. The molecule has 0 heterocycles. The lowest BCUT2D eigenvalue weighted by Gasteiger charge is -2.36. The molecule has 2 aromatic carbocycles. The van der Waals surface area contributed by atoms with Crippen LogP contribution < -0.4 is 0 Å². The molecule has 0 aromatic heterocycles. The molecule has 3 rings (SSSR count). The number of benzene rings is 2. The van der Waals surface area contributed by atoms with Crippen molar-refractivity contribution in [2.75, 3.05) is 6.54 Å². The molecule has 2 aromatic rings. The number of alkyl halides is 1. The first kappa shape index (κ1) is 19.3. The van der Waals surface area contributed by atoms with E-state index in [1.54, 1.807) is 12.1 Å². The molecular weight excluding hydrogens is 365 g/mol. The second-order valence-corrected chi connectivity index (χ2v) is 7.68. The van der Waals surface area contributed by atoms with Gasteiger partial charge in [0.15, 0.2) is 0 Å². The zero-order chi connectivity index (χ0) is 18.5. The number of rotatable bonds is 5. The summed E-state index contributed by atoms with van der Waals surface area (Å²) in [7, 11) is 0. The van der Waals surface area contributed by atoms with Crippen LogP contribution >= 0.6 is 23.2 Å². The van der Waals surface area contributed by atoms with Crippen LogP contribution in [0.15, 0.2) is 48.5 Å². The largest absolute Gasteiger partial charge is 0.336 e. The second kappa shape index (κ2) is 8.92. The van der Waals surface area contributed by atoms with Crippen LogP contribution in [0.25, 0.3) is 0 Å². The average Bonchev–Trinajstić information content (AvgIpc) is 2.69. The van der Waals surface area contributed by atoms with E-state index in [0.29, 0.717) is 22.9 Å². The van der Waals surface area contributed by atoms with Crippen LogP contribution in [0.5, 0.6) is 0 Å². The summed E-state index contributed by atoms with van der Waals surface area (Å²) in [6, 6.07) is 16.2. The van der Waals surface area contributed by atoms with E-state index in [0.717, 1.165) is 43.4 Å². The van der Waals surface area contributed by atoms with Crippen LogP contribution in [0.4, 0.5) is 0 Å². The molecular formula is C22H25Cl2NO. The highest BCUT2D eigenvalue weighted by molar-refractivity contribution is 6.30. The van der Waals surface area contributed by atoms with Crippen molar-refractivity contribution >= 4 is 29.1 Å². The number of hydrogen-bond acceptors (Lipinski definition) is 1. The van der Waals surface area contributed by atoms with Gasteiger partial charge in [0.2, 0.25) is 0 Å². The van der Waals surface area contributed by atoms with E-state index in [2.05, 4.69) is 31.2 Å². The lowest BCUT2D eigenvalue weighted by Crippen LogP contribution is -2.42. The van der Waals surface area contributed by atoms with Crippen molar-refractivity contribution in [2.45, 2.75) is 50.4 Å². The average molecular weight is 390 g/mol. The summed E-state index contributed by atoms with van der Waals surface area (Å²) in [5, 5.41) is 0.658. The van der Waals surface area contributed by atoms with Gasteiger partial charge in [0, 0.05) is 29.1 Å². The molecule has 0 spiro atoms. The van der Waals surface area contributed by atoms with Crippen LogP contribution in [0.1, 0.15) is 60.0 Å². The summed E-state index contributed by atoms with van der Waals surface area (Å²) in [6.45, 7) is 2.80. The molecule has 1 amide bonds. The first-order valence-corrected chi connectivity index (χ1v) is 10.2. The minimum atomic E-state index is 0.110. The van der Waals surface area contributed by atoms with Crippen molar-refractivity contribution in [2.24, 2.45) is 0 Å². The van der Waals surface area contributed by atoms with Gasteiger partial charge in [-0.25, -0.2) is 0 Å². The Morgan fingerprint density at radius 3 is 2.15 bits per heavy atom. The van der Waals surface area contributed by atoms with Gasteiger partial charge < -0.3 is 4.90 Å². The predicted molar refractivity (Wildman–Crippen MR) is 109 cm³/mol. The van der Waals surface area contributed by atoms with E-state index < -0.39 is 0 Å². The van der Waals surface area contributed by atoms with Crippen LogP contribution in [-0.4, -0.2) is 23.4 Å². The molecule has 0 saturated heterocycles. The molecule has 0 aliphatic heterocycles. The first-order valence-electron chi connectivity index (χ1n) is 9.33. The lowest BCUT2D eigenvalue weighted by molar-refractivity contribution is 0.0640. The van der Waals surface area contributed by atoms with Gasteiger partial charge in [-0.15, -0.1) is 11.6 Å². The highest BCUT2D eigenvalue weighted by atomic mass is 35.5. The molecule has 1 fully saturated rings. The summed E-state index contributed by atoms with van der Waals surface area (Å²) < 4.78 is 0. The van der Waals surface area contributed by atoms with Crippen molar-refractivity contribution < 1.29 is 4.79 Å². The van der Waals surface area contributed by atoms with E-state index in [4.69, 9.17) is 23.2 Å². The van der Waals surface area contributed by atoms with Gasteiger partial charge in [-0.3, -0.25) is 4.79 Å². The topological polar surface area (TPSA) is 20.3 Å². The number of amides is 1. The normalized spacial score (nSPS) is 20.0. The van der Waals surface area contributed by atoms with E-state index in [9.17, 15) is 4.79 Å². The number of carbonyl (C=O) groups is 1. The monoisotopic (exact) mass is 389 g/mol. The number of nitrogens with zero attached hydrogens (tertiary/aromatic N) is 1. The van der Waals surface area contributed by atoms with Gasteiger partial charge in [-0.1, -0.05) is 35.9 Å². The van der Waals surface area contributed by atoms with Crippen molar-refractivity contribution in [1.82, 2.24) is 4.90 Å². The fourth-order valence-electron chi connectivity index (χ4n) is 3.93. The molecule has 0 unspecified atom stereocenters. The maximum atomic E-state index is 12.9. The summed E-state index contributed by atoms with van der Waals surface area (Å²) in [5.74, 6) is 1.25. The molecule has 1 aliphatic carbocycles. The number of halogens is 2. The molecule has 0 atom stereocenters. The molecule has 138 valence electrons. The van der Waals surface area contributed by atoms with Gasteiger partial charge in [-0.05, 0) is 73.9 Å². The molecule has 1 aliphatic rings. The van der Waals surface area contributed by atoms with Crippen LogP contribution in [0, 0.1) is 0 Å². The highest BCUT2D eigenvalue weighted by Gasteiger charge is 2.29. The highest BCUT2D eigenvalue weighted by Crippen LogP contribution is 2.35. The van der Waals surface area contributed by atoms with Gasteiger partial charge in [0.1, 0.15) is 0 Å². The van der Waals surface area contributed by atoms with E-state index >= 15 is 0 Å². The molecule has 26 heavy (non-hydrogen) atoms. The van der Waals surface area contributed by atoms with Crippen LogP contribution in [-0.2, 0) is 5.88 Å². The molecule has 0 N–H and O–H groups in total. The van der Waals surface area contributed by atoms with Crippen molar-refractivity contribution in [1.29, 1.82) is 0 Å². The number of hydrogen-bond donors (Lipinski definition) is 0. The smallest absolute Gasteiger partial charge is 0.254 e. The van der Waals surface area contributed by atoms with Crippen LogP contribution in [0.2, 0.25) is 5.02 Å².